The molecule has 1 aromatic heterocycles. The molecule has 1 aliphatic carbocycles. The minimum absolute atomic E-state index is 0.331. The number of rotatable bonds is 6. The Morgan fingerprint density at radius 3 is 2.52 bits per heavy atom. The number of nitrogens with zero attached hydrogens (tertiary/aromatic N) is 2. The number of esters is 1. The molecule has 1 aliphatic heterocycles. The normalized spacial score (nSPS) is 15.8. The van der Waals surface area contributed by atoms with Gasteiger partial charge in [0.1, 0.15) is 0 Å². The fraction of sp³-hybridized carbons (Fsp3) is 0.320. The molecule has 1 saturated heterocycles. The van der Waals surface area contributed by atoms with Gasteiger partial charge in [0.2, 0.25) is 0 Å². The van der Waals surface area contributed by atoms with E-state index in [0.717, 1.165) is 48.2 Å². The van der Waals surface area contributed by atoms with Crippen molar-refractivity contribution in [2.75, 3.05) is 29.9 Å². The summed E-state index contributed by atoms with van der Waals surface area (Å²) in [6.07, 6.45) is 4.63. The van der Waals surface area contributed by atoms with Gasteiger partial charge in [-0.05, 0) is 62.1 Å². The van der Waals surface area contributed by atoms with Gasteiger partial charge in [-0.3, -0.25) is 9.78 Å². The maximum atomic E-state index is 12.8. The van der Waals surface area contributed by atoms with E-state index in [1.807, 2.05) is 54.6 Å². The van der Waals surface area contributed by atoms with Crippen molar-refractivity contribution in [1.29, 1.82) is 0 Å². The van der Waals surface area contributed by atoms with Crippen LogP contribution in [0.5, 0.6) is 0 Å². The Labute approximate surface area is 181 Å². The molecule has 1 amide bonds. The van der Waals surface area contributed by atoms with Gasteiger partial charge in [-0.1, -0.05) is 18.2 Å². The highest BCUT2D eigenvalue weighted by Gasteiger charge is 2.27. The number of fused-ring (bicyclic) bond motifs is 1. The zero-order chi connectivity index (χ0) is 21.2. The quantitative estimate of drug-likeness (QED) is 0.600. The average molecular weight is 415 g/mol. The molecule has 31 heavy (non-hydrogen) atoms. The van der Waals surface area contributed by atoms with E-state index in [4.69, 9.17) is 4.74 Å². The number of carbonyl (C=O) groups is 2. The number of hydrogen-bond acceptors (Lipinski definition) is 5. The van der Waals surface area contributed by atoms with Gasteiger partial charge in [-0.25, -0.2) is 4.79 Å². The van der Waals surface area contributed by atoms with E-state index in [9.17, 15) is 9.59 Å². The molecular formula is C25H25N3O3. The maximum Gasteiger partial charge on any atom is 0.339 e. The number of carbonyl (C=O) groups excluding carboxylic acids is 2. The Morgan fingerprint density at radius 2 is 1.77 bits per heavy atom. The molecule has 6 heteroatoms. The minimum atomic E-state index is -0.500. The Morgan fingerprint density at radius 1 is 1.03 bits per heavy atom. The van der Waals surface area contributed by atoms with E-state index in [-0.39, 0.29) is 12.5 Å². The second kappa shape index (κ2) is 8.38. The molecule has 2 aromatic carbocycles. The SMILES string of the molecule is O=C(COC(=O)c1cc(C2CC2)nc2ccccc12)Nc1ccc(N2CCCC2)cc1. The molecular weight excluding hydrogens is 390 g/mol. The van der Waals surface area contributed by atoms with Crippen LogP contribution in [0.2, 0.25) is 0 Å². The number of benzene rings is 2. The van der Waals surface area contributed by atoms with Crippen LogP contribution in [-0.4, -0.2) is 36.6 Å². The number of para-hydroxylation sites is 1. The third-order valence-corrected chi connectivity index (χ3v) is 5.91. The highest BCUT2D eigenvalue weighted by Crippen LogP contribution is 2.40. The first-order valence-corrected chi connectivity index (χ1v) is 10.9. The Hall–Kier alpha value is -3.41. The third-order valence-electron chi connectivity index (χ3n) is 5.91. The fourth-order valence-corrected chi connectivity index (χ4v) is 4.09. The number of hydrogen-bond donors (Lipinski definition) is 1. The van der Waals surface area contributed by atoms with Crippen LogP contribution in [0.1, 0.15) is 47.7 Å². The van der Waals surface area contributed by atoms with Gasteiger partial charge in [0.15, 0.2) is 6.61 Å². The second-order valence-electron chi connectivity index (χ2n) is 8.25. The molecule has 2 aliphatic rings. The highest BCUT2D eigenvalue weighted by atomic mass is 16.5. The highest BCUT2D eigenvalue weighted by molar-refractivity contribution is 6.04. The molecule has 0 unspecified atom stereocenters. The summed E-state index contributed by atoms with van der Waals surface area (Å²) in [5, 5.41) is 3.54. The zero-order valence-electron chi connectivity index (χ0n) is 17.3. The van der Waals surface area contributed by atoms with E-state index < -0.39 is 5.97 Å². The monoisotopic (exact) mass is 415 g/mol. The molecule has 1 N–H and O–H groups in total. The average Bonchev–Trinajstić information content (AvgIpc) is 3.51. The largest absolute Gasteiger partial charge is 0.452 e. The van der Waals surface area contributed by atoms with Gasteiger partial charge >= 0.3 is 5.97 Å². The van der Waals surface area contributed by atoms with Crippen LogP contribution in [0.4, 0.5) is 11.4 Å². The van der Waals surface area contributed by atoms with E-state index >= 15 is 0 Å². The van der Waals surface area contributed by atoms with Crippen LogP contribution in [0, 0.1) is 0 Å². The van der Waals surface area contributed by atoms with E-state index in [0.29, 0.717) is 17.2 Å². The van der Waals surface area contributed by atoms with Crippen LogP contribution in [-0.2, 0) is 9.53 Å². The molecule has 0 spiro atoms. The van der Waals surface area contributed by atoms with Crippen LogP contribution >= 0.6 is 0 Å². The third kappa shape index (κ3) is 4.38. The lowest BCUT2D eigenvalue weighted by Crippen LogP contribution is -2.21. The molecule has 158 valence electrons. The lowest BCUT2D eigenvalue weighted by Gasteiger charge is -2.17. The number of anilines is 2. The van der Waals surface area contributed by atoms with Crippen molar-refractivity contribution in [3.05, 3.63) is 65.9 Å². The predicted octanol–water partition coefficient (Wildman–Crippen LogP) is 4.51. The van der Waals surface area contributed by atoms with Gasteiger partial charge in [-0.15, -0.1) is 0 Å². The second-order valence-corrected chi connectivity index (χ2v) is 8.25. The molecule has 2 heterocycles. The molecule has 3 aromatic rings. The van der Waals surface area contributed by atoms with Gasteiger partial charge in [-0.2, -0.15) is 0 Å². The van der Waals surface area contributed by atoms with Crippen molar-refractivity contribution in [1.82, 2.24) is 4.98 Å². The lowest BCUT2D eigenvalue weighted by molar-refractivity contribution is -0.119. The van der Waals surface area contributed by atoms with Gasteiger partial charge in [0.05, 0.1) is 11.1 Å². The first-order chi connectivity index (χ1) is 15.2. The van der Waals surface area contributed by atoms with Crippen molar-refractivity contribution >= 4 is 34.2 Å². The summed E-state index contributed by atoms with van der Waals surface area (Å²) in [6.45, 7) is 1.82. The summed E-state index contributed by atoms with van der Waals surface area (Å²) >= 11 is 0. The van der Waals surface area contributed by atoms with E-state index in [2.05, 4.69) is 15.2 Å². The number of aromatic nitrogens is 1. The van der Waals surface area contributed by atoms with Crippen LogP contribution in [0.25, 0.3) is 10.9 Å². The smallest absolute Gasteiger partial charge is 0.339 e. The molecule has 2 fully saturated rings. The molecule has 0 bridgehead atoms. The van der Waals surface area contributed by atoms with E-state index in [1.54, 1.807) is 0 Å². The Kier molecular flexibility index (Phi) is 5.28. The number of amides is 1. The zero-order valence-corrected chi connectivity index (χ0v) is 17.3. The van der Waals surface area contributed by atoms with Crippen LogP contribution in [0.15, 0.2) is 54.6 Å². The molecule has 0 radical (unpaired) electrons. The molecule has 1 saturated carbocycles. The van der Waals surface area contributed by atoms with Gasteiger partial charge in [0, 0.05) is 41.5 Å². The Balaban J connectivity index is 1.23. The first-order valence-electron chi connectivity index (χ1n) is 10.9. The summed E-state index contributed by atoms with van der Waals surface area (Å²) in [5.74, 6) is -0.439. The summed E-state index contributed by atoms with van der Waals surface area (Å²) in [5.41, 5.74) is 4.03. The van der Waals surface area contributed by atoms with Crippen molar-refractivity contribution < 1.29 is 14.3 Å². The van der Waals surface area contributed by atoms with Gasteiger partial charge < -0.3 is 15.0 Å². The van der Waals surface area contributed by atoms with Crippen molar-refractivity contribution in [2.24, 2.45) is 0 Å². The number of pyridine rings is 1. The van der Waals surface area contributed by atoms with Crippen molar-refractivity contribution in [3.63, 3.8) is 0 Å². The standard InChI is InChI=1S/C25H25N3O3/c29-24(26-18-9-11-19(12-10-18)28-13-3-4-14-28)16-31-25(30)21-15-23(17-7-8-17)27-22-6-2-1-5-20(21)22/h1-2,5-6,9-12,15,17H,3-4,7-8,13-14,16H2,(H,26,29). The maximum absolute atomic E-state index is 12.8. The Bertz CT molecular complexity index is 1120. The lowest BCUT2D eigenvalue weighted by atomic mass is 10.1. The fourth-order valence-electron chi connectivity index (χ4n) is 4.09. The van der Waals surface area contributed by atoms with Crippen molar-refractivity contribution in [3.8, 4) is 0 Å². The summed E-state index contributed by atoms with van der Waals surface area (Å²) < 4.78 is 5.34. The predicted molar refractivity (Wildman–Crippen MR) is 121 cm³/mol. The minimum Gasteiger partial charge on any atom is -0.452 e. The van der Waals surface area contributed by atoms with Gasteiger partial charge in [0.25, 0.3) is 5.91 Å². The molecule has 5 rings (SSSR count). The molecule has 6 nitrogen and oxygen atoms in total. The van der Waals surface area contributed by atoms with Crippen LogP contribution < -0.4 is 10.2 Å². The van der Waals surface area contributed by atoms with Crippen molar-refractivity contribution in [2.45, 2.75) is 31.6 Å². The summed E-state index contributed by atoms with van der Waals surface area (Å²) in [6, 6.07) is 17.1. The number of ether oxygens (including phenoxy) is 1. The van der Waals surface area contributed by atoms with E-state index in [1.165, 1.54) is 12.8 Å². The molecule has 0 atom stereocenters. The topological polar surface area (TPSA) is 71.5 Å². The first kappa shape index (κ1) is 19.5. The summed E-state index contributed by atoms with van der Waals surface area (Å²) in [4.78, 5) is 32.1. The number of nitrogens with one attached hydrogen (secondary N) is 1. The van der Waals surface area contributed by atoms with Crippen LogP contribution in [0.3, 0.4) is 0 Å². The summed E-state index contributed by atoms with van der Waals surface area (Å²) in [7, 11) is 0.